The van der Waals surface area contributed by atoms with Crippen molar-refractivity contribution in [3.05, 3.63) is 0 Å². The first-order chi connectivity index (χ1) is 7.21. The van der Waals surface area contributed by atoms with Crippen LogP contribution in [0.15, 0.2) is 0 Å². The van der Waals surface area contributed by atoms with Crippen molar-refractivity contribution >= 4 is 5.91 Å². The number of carbonyl (C=O) groups excluding carboxylic acids is 1. The molecule has 0 radical (unpaired) electrons. The Bertz CT molecular complexity index is 288. The van der Waals surface area contributed by atoms with Gasteiger partial charge in [-0.15, -0.1) is 0 Å². The van der Waals surface area contributed by atoms with E-state index in [0.717, 1.165) is 25.3 Å². The molecule has 0 aromatic carbocycles. The van der Waals surface area contributed by atoms with Gasteiger partial charge >= 0.3 is 0 Å². The van der Waals surface area contributed by atoms with E-state index in [1.807, 2.05) is 0 Å². The van der Waals surface area contributed by atoms with Gasteiger partial charge in [0.05, 0.1) is 5.41 Å². The fraction of sp³-hybridized carbons (Fsp3) is 0.917. The van der Waals surface area contributed by atoms with E-state index in [9.17, 15) is 4.79 Å². The summed E-state index contributed by atoms with van der Waals surface area (Å²) in [6, 6.07) is 0. The third kappa shape index (κ3) is 1.57. The van der Waals surface area contributed by atoms with Crippen LogP contribution in [-0.2, 0) is 4.79 Å². The summed E-state index contributed by atoms with van der Waals surface area (Å²) in [7, 11) is 0. The molecule has 0 aromatic rings. The topological polar surface area (TPSA) is 55.1 Å². The Morgan fingerprint density at radius 2 is 1.93 bits per heavy atom. The maximum Gasteiger partial charge on any atom is 0.227 e. The van der Waals surface area contributed by atoms with Gasteiger partial charge in [0.2, 0.25) is 5.91 Å². The maximum atomic E-state index is 11.9. The molecular formula is C12H20N2O. The molecule has 3 N–H and O–H groups in total. The molecule has 3 heteroatoms. The first kappa shape index (κ1) is 9.64. The van der Waals surface area contributed by atoms with Crippen LogP contribution in [0, 0.1) is 16.7 Å². The third-order valence-corrected chi connectivity index (χ3v) is 4.66. The summed E-state index contributed by atoms with van der Waals surface area (Å²) in [6.45, 7) is 1.44. The van der Waals surface area contributed by atoms with Crippen LogP contribution in [0.3, 0.4) is 0 Å². The summed E-state index contributed by atoms with van der Waals surface area (Å²) in [4.78, 5) is 11.9. The van der Waals surface area contributed by atoms with Gasteiger partial charge in [-0.05, 0) is 49.9 Å². The Morgan fingerprint density at radius 1 is 1.27 bits per heavy atom. The predicted molar refractivity (Wildman–Crippen MR) is 58.1 cm³/mol. The van der Waals surface area contributed by atoms with Gasteiger partial charge in [0.25, 0.3) is 0 Å². The van der Waals surface area contributed by atoms with Crippen molar-refractivity contribution in [3.8, 4) is 0 Å². The smallest absolute Gasteiger partial charge is 0.227 e. The number of nitrogens with two attached hydrogens (primary N) is 1. The first-order valence-corrected chi connectivity index (χ1v) is 6.19. The van der Waals surface area contributed by atoms with E-state index in [-0.39, 0.29) is 11.3 Å². The molecule has 3 fully saturated rings. The van der Waals surface area contributed by atoms with E-state index >= 15 is 0 Å². The lowest BCUT2D eigenvalue weighted by molar-refractivity contribution is -0.126. The van der Waals surface area contributed by atoms with Crippen LogP contribution in [0.1, 0.15) is 38.5 Å². The normalized spacial score (nSPS) is 29.7. The number of hydrogen-bond donors (Lipinski definition) is 2. The second-order valence-electron chi connectivity index (χ2n) is 5.80. The van der Waals surface area contributed by atoms with Gasteiger partial charge in [0.15, 0.2) is 0 Å². The zero-order valence-corrected chi connectivity index (χ0v) is 9.22. The number of amides is 1. The van der Waals surface area contributed by atoms with Crippen molar-refractivity contribution in [1.82, 2.24) is 5.32 Å². The molecule has 3 aliphatic carbocycles. The van der Waals surface area contributed by atoms with Gasteiger partial charge in [-0.25, -0.2) is 0 Å². The first-order valence-electron chi connectivity index (χ1n) is 6.19. The highest BCUT2D eigenvalue weighted by Gasteiger charge is 2.55. The van der Waals surface area contributed by atoms with Gasteiger partial charge in [0, 0.05) is 13.1 Å². The zero-order valence-electron chi connectivity index (χ0n) is 9.22. The number of carbonyl (C=O) groups is 1. The molecule has 15 heavy (non-hydrogen) atoms. The van der Waals surface area contributed by atoms with E-state index in [1.54, 1.807) is 0 Å². The number of rotatable bonds is 5. The van der Waals surface area contributed by atoms with E-state index in [1.165, 1.54) is 25.7 Å². The summed E-state index contributed by atoms with van der Waals surface area (Å²) in [5.41, 5.74) is 5.98. The highest BCUT2D eigenvalue weighted by atomic mass is 16.2. The molecule has 0 unspecified atom stereocenters. The predicted octanol–water partition coefficient (Wildman–Crippen LogP) is 1.03. The number of hydrogen-bond acceptors (Lipinski definition) is 2. The highest BCUT2D eigenvalue weighted by molar-refractivity contribution is 5.85. The van der Waals surface area contributed by atoms with Gasteiger partial charge in [0.1, 0.15) is 0 Å². The molecule has 0 aromatic heterocycles. The maximum absolute atomic E-state index is 11.9. The molecule has 0 aliphatic heterocycles. The van der Waals surface area contributed by atoms with Crippen molar-refractivity contribution < 1.29 is 4.79 Å². The Labute approximate surface area is 90.8 Å². The van der Waals surface area contributed by atoms with Crippen LogP contribution in [-0.4, -0.2) is 19.0 Å². The molecule has 0 bridgehead atoms. The monoisotopic (exact) mass is 208 g/mol. The summed E-state index contributed by atoms with van der Waals surface area (Å²) in [6.07, 6.45) is 7.41. The van der Waals surface area contributed by atoms with Crippen molar-refractivity contribution in [3.63, 3.8) is 0 Å². The minimum absolute atomic E-state index is 0.167. The molecule has 0 saturated heterocycles. The molecular weight excluding hydrogens is 188 g/mol. The van der Waals surface area contributed by atoms with Crippen LogP contribution >= 0.6 is 0 Å². The van der Waals surface area contributed by atoms with Crippen LogP contribution in [0.2, 0.25) is 0 Å². The van der Waals surface area contributed by atoms with Gasteiger partial charge in [-0.2, -0.15) is 0 Å². The molecule has 0 spiro atoms. The quantitative estimate of drug-likeness (QED) is 0.709. The average molecular weight is 208 g/mol. The van der Waals surface area contributed by atoms with Crippen molar-refractivity contribution in [1.29, 1.82) is 0 Å². The molecule has 3 saturated carbocycles. The lowest BCUT2D eigenvalue weighted by Crippen LogP contribution is -2.39. The summed E-state index contributed by atoms with van der Waals surface area (Å²) < 4.78 is 0. The second-order valence-corrected chi connectivity index (χ2v) is 5.80. The second kappa shape index (κ2) is 2.97. The largest absolute Gasteiger partial charge is 0.355 e. The van der Waals surface area contributed by atoms with Crippen LogP contribution in [0.25, 0.3) is 0 Å². The zero-order chi connectivity index (χ0) is 10.5. The van der Waals surface area contributed by atoms with Crippen molar-refractivity contribution in [2.45, 2.75) is 38.5 Å². The van der Waals surface area contributed by atoms with Crippen LogP contribution in [0.4, 0.5) is 0 Å². The Morgan fingerprint density at radius 3 is 2.33 bits per heavy atom. The van der Waals surface area contributed by atoms with E-state index in [4.69, 9.17) is 5.73 Å². The highest BCUT2D eigenvalue weighted by Crippen LogP contribution is 2.61. The molecule has 0 heterocycles. The van der Waals surface area contributed by atoms with Crippen LogP contribution < -0.4 is 11.1 Å². The van der Waals surface area contributed by atoms with E-state index in [0.29, 0.717) is 12.0 Å². The Kier molecular flexibility index (Phi) is 1.91. The van der Waals surface area contributed by atoms with Gasteiger partial charge in [-0.3, -0.25) is 4.79 Å². The third-order valence-electron chi connectivity index (χ3n) is 4.66. The Hall–Kier alpha value is -0.570. The van der Waals surface area contributed by atoms with Gasteiger partial charge < -0.3 is 11.1 Å². The minimum atomic E-state index is -0.167. The van der Waals surface area contributed by atoms with E-state index < -0.39 is 0 Å². The molecule has 1 amide bonds. The standard InChI is InChI=1S/C12H20N2O/c13-7-11(3-4-11)10(15)14-8-12(5-6-12)9-1-2-9/h9H,1-8,13H2,(H,14,15). The fourth-order valence-electron chi connectivity index (χ4n) is 2.70. The SMILES string of the molecule is NCC1(C(=O)NCC2(C3CC3)CC2)CC1. The van der Waals surface area contributed by atoms with Crippen LogP contribution in [0.5, 0.6) is 0 Å². The van der Waals surface area contributed by atoms with Crippen molar-refractivity contribution in [2.24, 2.45) is 22.5 Å². The molecule has 84 valence electrons. The fourth-order valence-corrected chi connectivity index (χ4v) is 2.70. The lowest BCUT2D eigenvalue weighted by Gasteiger charge is -2.18. The average Bonchev–Trinajstić information content (AvgIpc) is 3.15. The molecule has 0 atom stereocenters. The van der Waals surface area contributed by atoms with Crippen molar-refractivity contribution in [2.75, 3.05) is 13.1 Å². The molecule has 3 aliphatic rings. The summed E-state index contributed by atoms with van der Waals surface area (Å²) in [5, 5.41) is 3.14. The molecule has 3 rings (SSSR count). The summed E-state index contributed by atoms with van der Waals surface area (Å²) in [5.74, 6) is 1.14. The summed E-state index contributed by atoms with van der Waals surface area (Å²) >= 11 is 0. The lowest BCUT2D eigenvalue weighted by atomic mass is 9.99. The van der Waals surface area contributed by atoms with E-state index in [2.05, 4.69) is 5.32 Å². The number of nitrogens with one attached hydrogen (secondary N) is 1. The Balaban J connectivity index is 1.51. The minimum Gasteiger partial charge on any atom is -0.355 e. The van der Waals surface area contributed by atoms with Gasteiger partial charge in [-0.1, -0.05) is 0 Å². The molecule has 3 nitrogen and oxygen atoms in total.